The molecule has 0 saturated carbocycles. The SMILES string of the molecule is CCCCC(CC)C(=O)O.N=C(N)N. The fourth-order valence-electron chi connectivity index (χ4n) is 0.953. The molecular weight excluding hydrogens is 182 g/mol. The Morgan fingerprint density at radius 1 is 1.43 bits per heavy atom. The van der Waals surface area contributed by atoms with Crippen LogP contribution in [0, 0.1) is 11.3 Å². The topological polar surface area (TPSA) is 113 Å². The summed E-state index contributed by atoms with van der Waals surface area (Å²) in [5.41, 5.74) is 8.94. The van der Waals surface area contributed by atoms with Crippen molar-refractivity contribution in [2.24, 2.45) is 17.4 Å². The van der Waals surface area contributed by atoms with E-state index in [1.54, 1.807) is 0 Å². The van der Waals surface area contributed by atoms with E-state index in [1.165, 1.54) is 0 Å². The lowest BCUT2D eigenvalue weighted by molar-refractivity contribution is -0.142. The van der Waals surface area contributed by atoms with E-state index in [0.717, 1.165) is 25.7 Å². The number of carboxylic acids is 1. The molecule has 0 bridgehead atoms. The summed E-state index contributed by atoms with van der Waals surface area (Å²) in [6.07, 6.45) is 3.71. The molecule has 5 nitrogen and oxygen atoms in total. The second-order valence-electron chi connectivity index (χ2n) is 3.04. The van der Waals surface area contributed by atoms with E-state index in [4.69, 9.17) is 10.5 Å². The van der Waals surface area contributed by atoms with Crippen molar-refractivity contribution in [2.45, 2.75) is 39.5 Å². The molecule has 0 fully saturated rings. The molecule has 0 aromatic carbocycles. The Kier molecular flexibility index (Phi) is 10.7. The average Bonchev–Trinajstić information content (AvgIpc) is 2.04. The second-order valence-corrected chi connectivity index (χ2v) is 3.04. The Bertz CT molecular complexity index is 167. The average molecular weight is 203 g/mol. The van der Waals surface area contributed by atoms with Crippen molar-refractivity contribution >= 4 is 11.9 Å². The molecule has 6 N–H and O–H groups in total. The number of nitrogens with one attached hydrogen (secondary N) is 1. The van der Waals surface area contributed by atoms with E-state index in [2.05, 4.69) is 18.4 Å². The van der Waals surface area contributed by atoms with Gasteiger partial charge in [0.25, 0.3) is 0 Å². The number of nitrogens with two attached hydrogens (primary N) is 2. The first-order chi connectivity index (χ1) is 6.45. The van der Waals surface area contributed by atoms with Crippen LogP contribution in [0.1, 0.15) is 39.5 Å². The molecule has 0 aliphatic heterocycles. The predicted molar refractivity (Wildman–Crippen MR) is 57.0 cm³/mol. The lowest BCUT2D eigenvalue weighted by Gasteiger charge is -2.06. The molecule has 0 spiro atoms. The summed E-state index contributed by atoms with van der Waals surface area (Å²) in [5, 5.41) is 14.7. The molecule has 0 rings (SSSR count). The molecule has 5 heteroatoms. The molecule has 0 amide bonds. The first-order valence-electron chi connectivity index (χ1n) is 4.77. The Morgan fingerprint density at radius 2 is 1.86 bits per heavy atom. The number of hydrogen-bond donors (Lipinski definition) is 4. The van der Waals surface area contributed by atoms with Crippen LogP contribution in [0.3, 0.4) is 0 Å². The van der Waals surface area contributed by atoms with Gasteiger partial charge in [0.05, 0.1) is 5.92 Å². The van der Waals surface area contributed by atoms with Gasteiger partial charge in [0, 0.05) is 0 Å². The summed E-state index contributed by atoms with van der Waals surface area (Å²) in [4.78, 5) is 10.4. The van der Waals surface area contributed by atoms with Gasteiger partial charge in [-0.3, -0.25) is 10.2 Å². The molecule has 84 valence electrons. The maximum Gasteiger partial charge on any atom is 0.306 e. The van der Waals surface area contributed by atoms with Gasteiger partial charge in [-0.25, -0.2) is 0 Å². The number of carbonyl (C=O) groups is 1. The first-order valence-corrected chi connectivity index (χ1v) is 4.77. The summed E-state index contributed by atoms with van der Waals surface area (Å²) in [7, 11) is 0. The summed E-state index contributed by atoms with van der Waals surface area (Å²) < 4.78 is 0. The maximum atomic E-state index is 10.4. The van der Waals surface area contributed by atoms with Crippen molar-refractivity contribution < 1.29 is 9.90 Å². The van der Waals surface area contributed by atoms with Crippen molar-refractivity contribution in [1.29, 1.82) is 5.41 Å². The minimum atomic E-state index is -0.643. The number of hydrogen-bond acceptors (Lipinski definition) is 2. The third-order valence-corrected chi connectivity index (χ3v) is 1.75. The molecule has 0 radical (unpaired) electrons. The highest BCUT2D eigenvalue weighted by molar-refractivity contribution is 5.71. The molecular formula is C9H21N3O2. The normalized spacial score (nSPS) is 11.0. The van der Waals surface area contributed by atoms with Crippen LogP contribution in [0.15, 0.2) is 0 Å². The van der Waals surface area contributed by atoms with E-state index in [0.29, 0.717) is 0 Å². The third kappa shape index (κ3) is 13.3. The van der Waals surface area contributed by atoms with Crippen LogP contribution >= 0.6 is 0 Å². The van der Waals surface area contributed by atoms with Gasteiger partial charge >= 0.3 is 5.97 Å². The molecule has 0 saturated heterocycles. The van der Waals surface area contributed by atoms with E-state index < -0.39 is 5.97 Å². The molecule has 14 heavy (non-hydrogen) atoms. The van der Waals surface area contributed by atoms with Crippen LogP contribution in [0.4, 0.5) is 0 Å². The monoisotopic (exact) mass is 203 g/mol. The van der Waals surface area contributed by atoms with Crippen LogP contribution in [0.2, 0.25) is 0 Å². The fraction of sp³-hybridized carbons (Fsp3) is 0.778. The van der Waals surface area contributed by atoms with E-state index in [1.807, 2.05) is 6.92 Å². The van der Waals surface area contributed by atoms with Crippen molar-refractivity contribution in [3.8, 4) is 0 Å². The molecule has 1 atom stereocenters. The molecule has 0 heterocycles. The lowest BCUT2D eigenvalue weighted by atomic mass is 10.00. The highest BCUT2D eigenvalue weighted by Gasteiger charge is 2.12. The van der Waals surface area contributed by atoms with E-state index >= 15 is 0 Å². The van der Waals surface area contributed by atoms with Crippen molar-refractivity contribution in [1.82, 2.24) is 0 Å². The van der Waals surface area contributed by atoms with Gasteiger partial charge in [-0.1, -0.05) is 26.7 Å². The Balaban J connectivity index is 0. The zero-order chi connectivity index (χ0) is 11.6. The van der Waals surface area contributed by atoms with Gasteiger partial charge < -0.3 is 16.6 Å². The lowest BCUT2D eigenvalue weighted by Crippen LogP contribution is -2.20. The molecule has 0 aromatic heterocycles. The number of unbranched alkanes of at least 4 members (excludes halogenated alkanes) is 1. The number of aliphatic carboxylic acids is 1. The summed E-state index contributed by atoms with van der Waals surface area (Å²) in [6.45, 7) is 4.00. The molecule has 0 aliphatic rings. The van der Waals surface area contributed by atoms with Crippen LogP contribution in [0.5, 0.6) is 0 Å². The Labute approximate surface area is 85.0 Å². The Hall–Kier alpha value is -1.26. The predicted octanol–water partition coefficient (Wildman–Crippen LogP) is 1.13. The van der Waals surface area contributed by atoms with Crippen molar-refractivity contribution in [3.63, 3.8) is 0 Å². The molecule has 0 aromatic rings. The van der Waals surface area contributed by atoms with Gasteiger partial charge in [0.15, 0.2) is 5.96 Å². The Morgan fingerprint density at radius 3 is 2.07 bits per heavy atom. The summed E-state index contributed by atoms with van der Waals surface area (Å²) >= 11 is 0. The largest absolute Gasteiger partial charge is 0.481 e. The van der Waals surface area contributed by atoms with Crippen LogP contribution in [-0.2, 0) is 4.79 Å². The number of carboxylic acid groups (broad SMARTS) is 1. The third-order valence-electron chi connectivity index (χ3n) is 1.75. The quantitative estimate of drug-likeness (QED) is 0.396. The summed E-state index contributed by atoms with van der Waals surface area (Å²) in [6, 6.07) is 0. The highest BCUT2D eigenvalue weighted by Crippen LogP contribution is 2.11. The van der Waals surface area contributed by atoms with Gasteiger partial charge in [0.2, 0.25) is 0 Å². The van der Waals surface area contributed by atoms with Gasteiger partial charge in [-0.15, -0.1) is 0 Å². The first kappa shape index (κ1) is 15.2. The number of guanidine groups is 1. The standard InChI is InChI=1S/C8H16O2.CH5N3/c1-3-5-6-7(4-2)8(9)10;2-1(3)4/h7H,3-6H2,1-2H3,(H,9,10);(H5,2,3,4). The number of rotatable bonds is 5. The fourth-order valence-corrected chi connectivity index (χ4v) is 0.953. The van der Waals surface area contributed by atoms with Gasteiger partial charge in [-0.05, 0) is 12.8 Å². The zero-order valence-electron chi connectivity index (χ0n) is 8.92. The van der Waals surface area contributed by atoms with Crippen molar-refractivity contribution in [3.05, 3.63) is 0 Å². The summed E-state index contributed by atoms with van der Waals surface area (Å²) in [5.74, 6) is -1.09. The molecule has 1 unspecified atom stereocenters. The van der Waals surface area contributed by atoms with Crippen LogP contribution in [0.25, 0.3) is 0 Å². The maximum absolute atomic E-state index is 10.4. The zero-order valence-corrected chi connectivity index (χ0v) is 8.92. The molecule has 0 aliphatic carbocycles. The second kappa shape index (κ2) is 9.83. The van der Waals surface area contributed by atoms with E-state index in [-0.39, 0.29) is 11.9 Å². The van der Waals surface area contributed by atoms with Crippen LogP contribution in [-0.4, -0.2) is 17.0 Å². The highest BCUT2D eigenvalue weighted by atomic mass is 16.4. The van der Waals surface area contributed by atoms with Crippen LogP contribution < -0.4 is 11.5 Å². The minimum Gasteiger partial charge on any atom is -0.481 e. The van der Waals surface area contributed by atoms with Gasteiger partial charge in [0.1, 0.15) is 0 Å². The van der Waals surface area contributed by atoms with E-state index in [9.17, 15) is 4.79 Å². The van der Waals surface area contributed by atoms with Gasteiger partial charge in [-0.2, -0.15) is 0 Å². The van der Waals surface area contributed by atoms with Crippen molar-refractivity contribution in [2.75, 3.05) is 0 Å². The minimum absolute atomic E-state index is 0.111. The smallest absolute Gasteiger partial charge is 0.306 e.